The molecular formula is C10H13N3O2. The molecule has 2 aliphatic rings. The van der Waals surface area contributed by atoms with E-state index < -0.39 is 0 Å². The average Bonchev–Trinajstić information content (AvgIpc) is 2.66. The van der Waals surface area contributed by atoms with E-state index in [4.69, 9.17) is 4.52 Å². The number of rotatable bonds is 1. The Balaban J connectivity index is 1.72. The highest BCUT2D eigenvalue weighted by Gasteiger charge is 2.54. The first-order chi connectivity index (χ1) is 7.16. The lowest BCUT2D eigenvalue weighted by atomic mass is 10.3. The van der Waals surface area contributed by atoms with Crippen molar-refractivity contribution in [2.24, 2.45) is 17.8 Å². The zero-order valence-electron chi connectivity index (χ0n) is 8.80. The Bertz CT molecular complexity index is 403. The van der Waals surface area contributed by atoms with E-state index in [1.165, 1.54) is 0 Å². The monoisotopic (exact) mass is 207 g/mol. The number of aromatic nitrogens is 2. The largest absolute Gasteiger partial charge is 0.334 e. The first-order valence-electron chi connectivity index (χ1n) is 5.26. The van der Waals surface area contributed by atoms with Gasteiger partial charge < -0.3 is 9.42 Å². The van der Waals surface area contributed by atoms with E-state index in [0.717, 1.165) is 19.0 Å². The van der Waals surface area contributed by atoms with Crippen LogP contribution >= 0.6 is 0 Å². The van der Waals surface area contributed by atoms with Crippen molar-refractivity contribution in [1.29, 1.82) is 0 Å². The maximum atomic E-state index is 11.9. The van der Waals surface area contributed by atoms with Gasteiger partial charge in [-0.1, -0.05) is 12.1 Å². The van der Waals surface area contributed by atoms with Crippen LogP contribution in [0.5, 0.6) is 0 Å². The number of aryl methyl sites for hydroxylation is 1. The molecule has 5 heteroatoms. The van der Waals surface area contributed by atoms with Crippen LogP contribution in [0.1, 0.15) is 23.4 Å². The van der Waals surface area contributed by atoms with E-state index in [1.54, 1.807) is 6.92 Å². The minimum atomic E-state index is -0.116. The highest BCUT2D eigenvalue weighted by molar-refractivity contribution is 5.89. The third-order valence-electron chi connectivity index (χ3n) is 3.62. The summed E-state index contributed by atoms with van der Waals surface area (Å²) in [5, 5.41) is 3.62. The van der Waals surface area contributed by atoms with Crippen LogP contribution in [0.15, 0.2) is 4.52 Å². The molecule has 1 saturated carbocycles. The average molecular weight is 207 g/mol. The normalized spacial score (nSPS) is 32.9. The molecule has 1 aliphatic heterocycles. The predicted octanol–water partition coefficient (Wildman–Crippen LogP) is 0.716. The van der Waals surface area contributed by atoms with Gasteiger partial charge in [-0.2, -0.15) is 4.98 Å². The number of fused-ring (bicyclic) bond motifs is 1. The number of nitrogens with zero attached hydrogens (tertiary/aromatic N) is 3. The van der Waals surface area contributed by atoms with Crippen LogP contribution in [0.2, 0.25) is 0 Å². The molecule has 1 saturated heterocycles. The van der Waals surface area contributed by atoms with E-state index in [0.29, 0.717) is 17.7 Å². The fourth-order valence-electron chi connectivity index (χ4n) is 2.51. The first kappa shape index (κ1) is 8.88. The Morgan fingerprint density at radius 1 is 1.47 bits per heavy atom. The lowest BCUT2D eigenvalue weighted by molar-refractivity contribution is 0.0719. The van der Waals surface area contributed by atoms with Crippen molar-refractivity contribution in [3.63, 3.8) is 0 Å². The summed E-state index contributed by atoms with van der Waals surface area (Å²) < 4.78 is 4.86. The van der Waals surface area contributed by atoms with E-state index in [1.807, 2.05) is 4.90 Å². The smallest absolute Gasteiger partial charge is 0.316 e. The quantitative estimate of drug-likeness (QED) is 0.680. The van der Waals surface area contributed by atoms with Gasteiger partial charge in [-0.05, 0) is 24.7 Å². The number of amides is 1. The maximum Gasteiger partial charge on any atom is 0.316 e. The highest BCUT2D eigenvalue weighted by Crippen LogP contribution is 2.51. The van der Waals surface area contributed by atoms with Crippen molar-refractivity contribution < 1.29 is 9.32 Å². The molecule has 2 heterocycles. The number of carbonyl (C=O) groups is 1. The number of likely N-dealkylation sites (tertiary alicyclic amines) is 1. The van der Waals surface area contributed by atoms with Crippen molar-refractivity contribution in [3.05, 3.63) is 11.7 Å². The SMILES string of the molecule is Cc1noc(C(=O)N2C[C@@H]3C(C)[C@@H]3C2)n1. The molecule has 0 N–H and O–H groups in total. The zero-order chi connectivity index (χ0) is 10.6. The molecule has 0 radical (unpaired) electrons. The van der Waals surface area contributed by atoms with Gasteiger partial charge >= 0.3 is 11.8 Å². The van der Waals surface area contributed by atoms with Crippen LogP contribution in [-0.4, -0.2) is 34.0 Å². The molecule has 1 amide bonds. The van der Waals surface area contributed by atoms with Crippen LogP contribution in [0.25, 0.3) is 0 Å². The molecule has 2 fully saturated rings. The molecule has 3 rings (SSSR count). The van der Waals surface area contributed by atoms with Gasteiger partial charge in [0, 0.05) is 13.1 Å². The molecular weight excluding hydrogens is 194 g/mol. The number of piperidine rings is 1. The van der Waals surface area contributed by atoms with Crippen LogP contribution < -0.4 is 0 Å². The Labute approximate surface area is 87.4 Å². The topological polar surface area (TPSA) is 59.2 Å². The molecule has 5 nitrogen and oxygen atoms in total. The molecule has 1 aromatic heterocycles. The molecule has 3 atom stereocenters. The van der Waals surface area contributed by atoms with E-state index in [2.05, 4.69) is 17.1 Å². The van der Waals surface area contributed by atoms with Crippen molar-refractivity contribution in [1.82, 2.24) is 15.0 Å². The molecule has 1 unspecified atom stereocenters. The summed E-state index contributed by atoms with van der Waals surface area (Å²) in [5.74, 6) is 2.72. The van der Waals surface area contributed by atoms with Gasteiger partial charge in [0.1, 0.15) is 0 Å². The third-order valence-corrected chi connectivity index (χ3v) is 3.62. The summed E-state index contributed by atoms with van der Waals surface area (Å²) in [6.45, 7) is 5.66. The first-order valence-corrected chi connectivity index (χ1v) is 5.26. The standard InChI is InChI=1S/C10H13N3O2/c1-5-7-3-13(4-8(5)7)10(14)9-11-6(2)12-15-9/h5,7-8H,3-4H2,1-2H3/t5?,7-,8+. The zero-order valence-corrected chi connectivity index (χ0v) is 8.80. The van der Waals surface area contributed by atoms with Crippen molar-refractivity contribution in [3.8, 4) is 0 Å². The molecule has 0 bridgehead atoms. The van der Waals surface area contributed by atoms with Crippen LogP contribution in [0.4, 0.5) is 0 Å². The van der Waals surface area contributed by atoms with Gasteiger partial charge in [-0.25, -0.2) is 0 Å². The summed E-state index contributed by atoms with van der Waals surface area (Å²) in [5.41, 5.74) is 0. The van der Waals surface area contributed by atoms with Gasteiger partial charge in [0.05, 0.1) is 0 Å². The lowest BCUT2D eigenvalue weighted by Gasteiger charge is -2.16. The molecule has 1 aromatic rings. The van der Waals surface area contributed by atoms with Crippen molar-refractivity contribution in [2.75, 3.05) is 13.1 Å². The van der Waals surface area contributed by atoms with Crippen LogP contribution in [0.3, 0.4) is 0 Å². The van der Waals surface area contributed by atoms with Gasteiger partial charge in [0.25, 0.3) is 0 Å². The second-order valence-electron chi connectivity index (χ2n) is 4.54. The molecule has 80 valence electrons. The lowest BCUT2D eigenvalue weighted by Crippen LogP contribution is -2.31. The van der Waals surface area contributed by atoms with Crippen molar-refractivity contribution >= 4 is 5.91 Å². The Hall–Kier alpha value is -1.39. The second-order valence-corrected chi connectivity index (χ2v) is 4.54. The van der Waals surface area contributed by atoms with Gasteiger partial charge in [-0.3, -0.25) is 4.79 Å². The van der Waals surface area contributed by atoms with Crippen LogP contribution in [-0.2, 0) is 0 Å². The second kappa shape index (κ2) is 2.81. The van der Waals surface area contributed by atoms with Crippen LogP contribution in [0, 0.1) is 24.7 Å². The molecule has 0 spiro atoms. The molecule has 1 aliphatic carbocycles. The minimum absolute atomic E-state index is 0.116. The van der Waals surface area contributed by atoms with Gasteiger partial charge in [0.2, 0.25) is 0 Å². The number of hydrogen-bond acceptors (Lipinski definition) is 4. The summed E-state index contributed by atoms with van der Waals surface area (Å²) >= 11 is 0. The summed E-state index contributed by atoms with van der Waals surface area (Å²) in [6.07, 6.45) is 0. The molecule has 0 aromatic carbocycles. The van der Waals surface area contributed by atoms with E-state index >= 15 is 0 Å². The third kappa shape index (κ3) is 1.26. The van der Waals surface area contributed by atoms with E-state index in [9.17, 15) is 4.79 Å². The summed E-state index contributed by atoms with van der Waals surface area (Å²) in [4.78, 5) is 17.6. The number of carbonyl (C=O) groups excluding carboxylic acids is 1. The van der Waals surface area contributed by atoms with Crippen molar-refractivity contribution in [2.45, 2.75) is 13.8 Å². The maximum absolute atomic E-state index is 11.9. The predicted molar refractivity (Wildman–Crippen MR) is 51.1 cm³/mol. The minimum Gasteiger partial charge on any atom is -0.334 e. The van der Waals surface area contributed by atoms with Gasteiger partial charge in [0.15, 0.2) is 5.82 Å². The summed E-state index contributed by atoms with van der Waals surface area (Å²) in [6, 6.07) is 0. The Kier molecular flexibility index (Phi) is 1.66. The summed E-state index contributed by atoms with van der Waals surface area (Å²) in [7, 11) is 0. The molecule has 15 heavy (non-hydrogen) atoms. The Morgan fingerprint density at radius 2 is 2.13 bits per heavy atom. The number of hydrogen-bond donors (Lipinski definition) is 0. The van der Waals surface area contributed by atoms with E-state index in [-0.39, 0.29) is 11.8 Å². The highest BCUT2D eigenvalue weighted by atomic mass is 16.5. The van der Waals surface area contributed by atoms with Gasteiger partial charge in [-0.15, -0.1) is 0 Å². The fourth-order valence-corrected chi connectivity index (χ4v) is 2.51. The fraction of sp³-hybridized carbons (Fsp3) is 0.700. The Morgan fingerprint density at radius 3 is 2.67 bits per heavy atom.